The van der Waals surface area contributed by atoms with Crippen LogP contribution in [-0.4, -0.2) is 64.7 Å². The lowest BCUT2D eigenvalue weighted by atomic mass is 9.91. The van der Waals surface area contributed by atoms with E-state index in [2.05, 4.69) is 20.4 Å². The first-order valence-electron chi connectivity index (χ1n) is 9.44. The second kappa shape index (κ2) is 8.52. The second-order valence-electron chi connectivity index (χ2n) is 7.51. The molecule has 1 aliphatic carbocycles. The van der Waals surface area contributed by atoms with Crippen molar-refractivity contribution in [1.29, 1.82) is 0 Å². The molecule has 1 aromatic heterocycles. The fraction of sp³-hybridized carbons (Fsp3) is 0.667. The summed E-state index contributed by atoms with van der Waals surface area (Å²) in [4.78, 5) is 23.3. The van der Waals surface area contributed by atoms with E-state index < -0.39 is 12.1 Å². The van der Waals surface area contributed by atoms with Crippen molar-refractivity contribution < 1.29 is 32.6 Å². The summed E-state index contributed by atoms with van der Waals surface area (Å²) in [5, 5.41) is 18.6. The number of carbonyl (C=O) groups is 2. The molecule has 1 saturated carbocycles. The van der Waals surface area contributed by atoms with Crippen molar-refractivity contribution in [2.45, 2.75) is 57.0 Å². The third-order valence-electron chi connectivity index (χ3n) is 5.12. The van der Waals surface area contributed by atoms with Gasteiger partial charge in [0.1, 0.15) is 6.10 Å². The molecular formula is C18H23F3N4O4. The average Bonchev–Trinajstić information content (AvgIpc) is 3.36. The van der Waals surface area contributed by atoms with Crippen LogP contribution < -0.4 is 10.2 Å². The van der Waals surface area contributed by atoms with Crippen molar-refractivity contribution >= 4 is 17.7 Å². The highest BCUT2D eigenvalue weighted by atomic mass is 19.4. The van der Waals surface area contributed by atoms with Crippen LogP contribution >= 0.6 is 0 Å². The Hall–Kier alpha value is -2.43. The smallest absolute Gasteiger partial charge is 0.475 e. The van der Waals surface area contributed by atoms with E-state index >= 15 is 0 Å². The van der Waals surface area contributed by atoms with Crippen LogP contribution in [0.3, 0.4) is 0 Å². The Labute approximate surface area is 165 Å². The number of carbonyl (C=O) groups excluding carboxylic acids is 1. The predicted molar refractivity (Wildman–Crippen MR) is 95.2 cm³/mol. The Kier molecular flexibility index (Phi) is 6.25. The number of ether oxygens (including phenoxy) is 1. The van der Waals surface area contributed by atoms with E-state index in [1.165, 1.54) is 0 Å². The van der Waals surface area contributed by atoms with Crippen LogP contribution in [0.2, 0.25) is 0 Å². The number of anilines is 1. The first-order valence-corrected chi connectivity index (χ1v) is 9.44. The average molecular weight is 416 g/mol. The largest absolute Gasteiger partial charge is 0.490 e. The molecule has 3 atom stereocenters. The minimum atomic E-state index is -5.08. The number of fused-ring (bicyclic) bond motifs is 1. The highest BCUT2D eigenvalue weighted by Crippen LogP contribution is 2.35. The third kappa shape index (κ3) is 5.78. The molecule has 4 rings (SSSR count). The summed E-state index contributed by atoms with van der Waals surface area (Å²) in [5.41, 5.74) is 0.924. The second-order valence-corrected chi connectivity index (χ2v) is 7.51. The molecule has 2 aliphatic heterocycles. The van der Waals surface area contributed by atoms with Gasteiger partial charge in [0.2, 0.25) is 5.91 Å². The van der Waals surface area contributed by atoms with Gasteiger partial charge in [0, 0.05) is 19.1 Å². The number of carboxylic acids is 1. The molecule has 1 aromatic rings. The number of aliphatic carboxylic acids is 1. The normalized spacial score (nSPS) is 26.2. The molecule has 0 aromatic carbocycles. The Morgan fingerprint density at radius 2 is 1.93 bits per heavy atom. The maximum atomic E-state index is 12.2. The summed E-state index contributed by atoms with van der Waals surface area (Å²) in [6.45, 7) is 3.70. The number of hydrogen-bond acceptors (Lipinski definition) is 6. The molecule has 29 heavy (non-hydrogen) atoms. The molecule has 3 aliphatic rings. The van der Waals surface area contributed by atoms with Gasteiger partial charge >= 0.3 is 12.1 Å². The van der Waals surface area contributed by atoms with Crippen LogP contribution in [0.1, 0.15) is 31.4 Å². The van der Waals surface area contributed by atoms with Gasteiger partial charge in [-0.2, -0.15) is 18.3 Å². The fourth-order valence-corrected chi connectivity index (χ4v) is 3.39. The summed E-state index contributed by atoms with van der Waals surface area (Å²) >= 11 is 0. The maximum Gasteiger partial charge on any atom is 0.490 e. The van der Waals surface area contributed by atoms with E-state index in [-0.39, 0.29) is 18.1 Å². The molecule has 8 nitrogen and oxygen atoms in total. The van der Waals surface area contributed by atoms with Gasteiger partial charge in [-0.3, -0.25) is 4.79 Å². The third-order valence-corrected chi connectivity index (χ3v) is 5.12. The van der Waals surface area contributed by atoms with Crippen molar-refractivity contribution in [2.75, 3.05) is 18.0 Å². The van der Waals surface area contributed by atoms with Crippen LogP contribution in [0.25, 0.3) is 0 Å². The molecule has 3 fully saturated rings. The lowest BCUT2D eigenvalue weighted by Gasteiger charge is -2.34. The van der Waals surface area contributed by atoms with Gasteiger partial charge in [-0.1, -0.05) is 0 Å². The standard InChI is InChI=1S/C16H22N4O2.C2HF3O2/c1-10-2-5-15(19-18-10)20-7-6-11-8-13(22-14(11)9-20)16(21)17-12-3-4-12;3-2(4,5)1(6)7/h2,5,11-14H,3-4,6-9H2,1H3,(H,17,21);(H,6,7)/t11-,13+,14-;/m0./s1. The zero-order valence-corrected chi connectivity index (χ0v) is 15.9. The van der Waals surface area contributed by atoms with Crippen molar-refractivity contribution in [3.05, 3.63) is 17.8 Å². The van der Waals surface area contributed by atoms with Gasteiger partial charge in [-0.15, -0.1) is 5.10 Å². The van der Waals surface area contributed by atoms with E-state index in [0.717, 1.165) is 50.3 Å². The number of amides is 1. The number of piperidine rings is 1. The van der Waals surface area contributed by atoms with Gasteiger partial charge in [-0.25, -0.2) is 4.79 Å². The maximum absolute atomic E-state index is 12.2. The van der Waals surface area contributed by atoms with Crippen LogP contribution in [0.15, 0.2) is 12.1 Å². The molecule has 0 bridgehead atoms. The number of nitrogens with zero attached hydrogens (tertiary/aromatic N) is 3. The van der Waals surface area contributed by atoms with Gasteiger partial charge in [-0.05, 0) is 50.7 Å². The van der Waals surface area contributed by atoms with Crippen LogP contribution in [-0.2, 0) is 14.3 Å². The summed E-state index contributed by atoms with van der Waals surface area (Å²) in [6, 6.07) is 4.39. The molecule has 0 radical (unpaired) electrons. The molecule has 1 amide bonds. The van der Waals surface area contributed by atoms with Gasteiger partial charge in [0.15, 0.2) is 5.82 Å². The summed E-state index contributed by atoms with van der Waals surface area (Å²) in [5.74, 6) is -1.28. The lowest BCUT2D eigenvalue weighted by Crippen LogP contribution is -2.43. The summed E-state index contributed by atoms with van der Waals surface area (Å²) in [7, 11) is 0. The van der Waals surface area contributed by atoms with Gasteiger partial charge in [0.05, 0.1) is 11.8 Å². The van der Waals surface area contributed by atoms with E-state index in [1.807, 2.05) is 19.1 Å². The van der Waals surface area contributed by atoms with Crippen LogP contribution in [0, 0.1) is 12.8 Å². The lowest BCUT2D eigenvalue weighted by molar-refractivity contribution is -0.192. The summed E-state index contributed by atoms with van der Waals surface area (Å²) < 4.78 is 37.8. The van der Waals surface area contributed by atoms with Crippen molar-refractivity contribution in [3.63, 3.8) is 0 Å². The molecule has 3 heterocycles. The number of halogens is 3. The quantitative estimate of drug-likeness (QED) is 0.773. The summed E-state index contributed by atoms with van der Waals surface area (Å²) in [6.07, 6.45) is -1.08. The number of aryl methyl sites for hydroxylation is 1. The highest BCUT2D eigenvalue weighted by molar-refractivity contribution is 5.81. The number of nitrogens with one attached hydrogen (secondary N) is 1. The number of aromatic nitrogens is 2. The molecule has 11 heteroatoms. The van der Waals surface area contributed by atoms with Gasteiger partial charge in [0.25, 0.3) is 0 Å². The molecule has 2 N–H and O–H groups in total. The first-order chi connectivity index (χ1) is 13.6. The van der Waals surface area contributed by atoms with Crippen molar-refractivity contribution in [2.24, 2.45) is 5.92 Å². The van der Waals surface area contributed by atoms with Gasteiger partial charge < -0.3 is 20.1 Å². The van der Waals surface area contributed by atoms with Crippen molar-refractivity contribution in [1.82, 2.24) is 15.5 Å². The molecule has 2 saturated heterocycles. The van der Waals surface area contributed by atoms with E-state index in [1.54, 1.807) is 0 Å². The Morgan fingerprint density at radius 3 is 2.48 bits per heavy atom. The van der Waals surface area contributed by atoms with E-state index in [4.69, 9.17) is 14.6 Å². The number of hydrogen-bond donors (Lipinski definition) is 2. The Balaban J connectivity index is 0.000000298. The number of alkyl halides is 3. The van der Waals surface area contributed by atoms with E-state index in [9.17, 15) is 18.0 Å². The zero-order chi connectivity index (χ0) is 21.2. The van der Waals surface area contributed by atoms with Crippen LogP contribution in [0.5, 0.6) is 0 Å². The molecule has 160 valence electrons. The van der Waals surface area contributed by atoms with Crippen molar-refractivity contribution in [3.8, 4) is 0 Å². The first kappa shape index (κ1) is 21.3. The number of carboxylic acid groups (broad SMARTS) is 1. The Morgan fingerprint density at radius 1 is 1.24 bits per heavy atom. The van der Waals surface area contributed by atoms with E-state index in [0.29, 0.717) is 12.0 Å². The monoisotopic (exact) mass is 416 g/mol. The molecular weight excluding hydrogens is 393 g/mol. The molecule has 0 unspecified atom stereocenters. The highest BCUT2D eigenvalue weighted by Gasteiger charge is 2.43. The molecule has 0 spiro atoms. The minimum Gasteiger partial charge on any atom is -0.475 e. The Bertz CT molecular complexity index is 740. The SMILES string of the molecule is Cc1ccc(N2CC[C@H]3C[C@H](C(=O)NC4CC4)O[C@H]3C2)nn1.O=C(O)C(F)(F)F. The predicted octanol–water partition coefficient (Wildman–Crippen LogP) is 1.68. The topological polar surface area (TPSA) is 105 Å². The van der Waals surface area contributed by atoms with Crippen LogP contribution in [0.4, 0.5) is 19.0 Å². The number of rotatable bonds is 3. The minimum absolute atomic E-state index is 0.0820. The zero-order valence-electron chi connectivity index (χ0n) is 15.9. The fourth-order valence-electron chi connectivity index (χ4n) is 3.39.